The van der Waals surface area contributed by atoms with Gasteiger partial charge in [-0.3, -0.25) is 9.48 Å². The Kier molecular flexibility index (Phi) is 3.96. The summed E-state index contributed by atoms with van der Waals surface area (Å²) in [5.41, 5.74) is 2.06. The maximum atomic E-state index is 12.9. The van der Waals surface area contributed by atoms with Crippen LogP contribution in [0, 0.1) is 5.92 Å². The van der Waals surface area contributed by atoms with Crippen LogP contribution in [0.1, 0.15) is 31.7 Å². The van der Waals surface area contributed by atoms with Crippen molar-refractivity contribution in [3.8, 4) is 0 Å². The predicted octanol–water partition coefficient (Wildman–Crippen LogP) is 3.62. The first-order valence-corrected chi connectivity index (χ1v) is 7.92. The van der Waals surface area contributed by atoms with E-state index in [1.807, 2.05) is 62.5 Å². The molecule has 0 N–H and O–H groups in total. The van der Waals surface area contributed by atoms with Gasteiger partial charge in [-0.05, 0) is 56.0 Å². The van der Waals surface area contributed by atoms with Crippen LogP contribution in [0.5, 0.6) is 0 Å². The van der Waals surface area contributed by atoms with Crippen molar-refractivity contribution in [1.82, 2.24) is 9.78 Å². The summed E-state index contributed by atoms with van der Waals surface area (Å²) in [5, 5.41) is 4.88. The molecule has 1 fully saturated rings. The zero-order valence-electron chi connectivity index (χ0n) is 13.0. The topological polar surface area (TPSA) is 38.1 Å². The molecular formula is C17H20ClN3O. The monoisotopic (exact) mass is 317 g/mol. The number of hydrogen-bond donors (Lipinski definition) is 0. The van der Waals surface area contributed by atoms with E-state index in [1.54, 1.807) is 4.68 Å². The van der Waals surface area contributed by atoms with Gasteiger partial charge in [0.05, 0.1) is 6.20 Å². The first-order valence-electron chi connectivity index (χ1n) is 7.54. The largest absolute Gasteiger partial charge is 0.310 e. The lowest BCUT2D eigenvalue weighted by Gasteiger charge is -2.27. The van der Waals surface area contributed by atoms with E-state index in [9.17, 15) is 4.79 Å². The fourth-order valence-corrected chi connectivity index (χ4v) is 3.05. The molecule has 0 aliphatic heterocycles. The molecule has 0 radical (unpaired) electrons. The molecule has 1 aromatic heterocycles. The summed E-state index contributed by atoms with van der Waals surface area (Å²) in [7, 11) is 1.90. The standard InChI is InChI=1S/C17H20ClN3O/c1-11(2)21(14-6-4-13(18)5-7-14)17(22)16-8-15(16)12-9-19-20(3)10-12/h4-7,9-11,15-16H,8H2,1-3H3/t15-,16-/m1/s1. The Hall–Kier alpha value is -1.81. The lowest BCUT2D eigenvalue weighted by atomic mass is 10.1. The number of benzene rings is 1. The van der Waals surface area contributed by atoms with Crippen molar-refractivity contribution in [2.24, 2.45) is 13.0 Å². The predicted molar refractivity (Wildman–Crippen MR) is 88.1 cm³/mol. The lowest BCUT2D eigenvalue weighted by molar-refractivity contribution is -0.120. The van der Waals surface area contributed by atoms with Gasteiger partial charge in [-0.1, -0.05) is 11.6 Å². The van der Waals surface area contributed by atoms with E-state index in [0.29, 0.717) is 10.9 Å². The Morgan fingerprint density at radius 2 is 2.05 bits per heavy atom. The highest BCUT2D eigenvalue weighted by atomic mass is 35.5. The van der Waals surface area contributed by atoms with Crippen molar-refractivity contribution in [2.75, 3.05) is 4.90 Å². The van der Waals surface area contributed by atoms with Crippen LogP contribution in [0.25, 0.3) is 0 Å². The fourth-order valence-electron chi connectivity index (χ4n) is 2.93. The molecule has 1 aliphatic carbocycles. The molecule has 5 heteroatoms. The first-order chi connectivity index (χ1) is 10.5. The maximum absolute atomic E-state index is 12.9. The fraction of sp³-hybridized carbons (Fsp3) is 0.412. The van der Waals surface area contributed by atoms with Crippen molar-refractivity contribution in [3.05, 3.63) is 47.2 Å². The quantitative estimate of drug-likeness (QED) is 0.864. The van der Waals surface area contributed by atoms with E-state index >= 15 is 0 Å². The van der Waals surface area contributed by atoms with Crippen LogP contribution < -0.4 is 4.90 Å². The molecule has 1 amide bonds. The molecule has 2 aromatic rings. The number of hydrogen-bond acceptors (Lipinski definition) is 2. The minimum absolute atomic E-state index is 0.0577. The van der Waals surface area contributed by atoms with Crippen LogP contribution in [-0.2, 0) is 11.8 Å². The molecule has 0 saturated heterocycles. The van der Waals surface area contributed by atoms with Crippen LogP contribution in [0.4, 0.5) is 5.69 Å². The Labute approximate surface area is 135 Å². The number of amides is 1. The third kappa shape index (κ3) is 2.88. The van der Waals surface area contributed by atoms with Crippen LogP contribution in [0.2, 0.25) is 5.02 Å². The summed E-state index contributed by atoms with van der Waals surface area (Å²) in [6.07, 6.45) is 4.77. The smallest absolute Gasteiger partial charge is 0.230 e. The van der Waals surface area contributed by atoms with Gasteiger partial charge in [0.15, 0.2) is 0 Å². The average Bonchev–Trinajstić information content (AvgIpc) is 3.16. The number of anilines is 1. The van der Waals surface area contributed by atoms with Gasteiger partial charge in [0, 0.05) is 35.9 Å². The van der Waals surface area contributed by atoms with Gasteiger partial charge in [0.25, 0.3) is 0 Å². The van der Waals surface area contributed by atoms with Crippen molar-refractivity contribution in [3.63, 3.8) is 0 Å². The summed E-state index contributed by atoms with van der Waals surface area (Å²) in [5.74, 6) is 0.545. The Morgan fingerprint density at radius 3 is 2.59 bits per heavy atom. The van der Waals surface area contributed by atoms with E-state index in [4.69, 9.17) is 11.6 Å². The Balaban J connectivity index is 1.78. The number of aromatic nitrogens is 2. The highest BCUT2D eigenvalue weighted by Crippen LogP contribution is 2.49. The minimum atomic E-state index is 0.0577. The third-order valence-electron chi connectivity index (χ3n) is 4.12. The second kappa shape index (κ2) is 5.76. The number of halogens is 1. The molecule has 1 aliphatic rings. The second-order valence-corrected chi connectivity index (χ2v) is 6.61. The lowest BCUT2D eigenvalue weighted by Crippen LogP contribution is -2.38. The van der Waals surface area contributed by atoms with Crippen LogP contribution in [-0.4, -0.2) is 21.7 Å². The van der Waals surface area contributed by atoms with Crippen molar-refractivity contribution in [2.45, 2.75) is 32.2 Å². The molecule has 22 heavy (non-hydrogen) atoms. The maximum Gasteiger partial charge on any atom is 0.230 e. The molecular weight excluding hydrogens is 298 g/mol. The Morgan fingerprint density at radius 1 is 1.36 bits per heavy atom. The highest BCUT2D eigenvalue weighted by molar-refractivity contribution is 6.30. The molecule has 1 aromatic carbocycles. The highest BCUT2D eigenvalue weighted by Gasteiger charge is 2.47. The molecule has 0 spiro atoms. The first kappa shape index (κ1) is 15.1. The van der Waals surface area contributed by atoms with Crippen LogP contribution >= 0.6 is 11.6 Å². The van der Waals surface area contributed by atoms with Gasteiger partial charge in [-0.2, -0.15) is 5.10 Å². The third-order valence-corrected chi connectivity index (χ3v) is 4.37. The summed E-state index contributed by atoms with van der Waals surface area (Å²) in [4.78, 5) is 14.8. The number of nitrogens with zero attached hydrogens (tertiary/aromatic N) is 3. The van der Waals surface area contributed by atoms with Gasteiger partial charge in [0.2, 0.25) is 5.91 Å². The van der Waals surface area contributed by atoms with Gasteiger partial charge in [0.1, 0.15) is 0 Å². The Bertz CT molecular complexity index is 677. The van der Waals surface area contributed by atoms with E-state index < -0.39 is 0 Å². The molecule has 116 valence electrons. The second-order valence-electron chi connectivity index (χ2n) is 6.17. The molecule has 4 nitrogen and oxygen atoms in total. The number of aryl methyl sites for hydroxylation is 1. The summed E-state index contributed by atoms with van der Waals surface area (Å²) in [6, 6.07) is 7.57. The minimum Gasteiger partial charge on any atom is -0.310 e. The van der Waals surface area contributed by atoms with Crippen LogP contribution in [0.15, 0.2) is 36.7 Å². The van der Waals surface area contributed by atoms with E-state index in [1.165, 1.54) is 0 Å². The van der Waals surface area contributed by atoms with Gasteiger partial charge in [-0.25, -0.2) is 0 Å². The molecule has 3 rings (SSSR count). The number of carbonyl (C=O) groups is 1. The van der Waals surface area contributed by atoms with Gasteiger partial charge in [-0.15, -0.1) is 0 Å². The van der Waals surface area contributed by atoms with Gasteiger partial charge < -0.3 is 4.90 Å². The average molecular weight is 318 g/mol. The van der Waals surface area contributed by atoms with Crippen molar-refractivity contribution >= 4 is 23.2 Å². The summed E-state index contributed by atoms with van der Waals surface area (Å²) < 4.78 is 1.79. The zero-order valence-corrected chi connectivity index (χ0v) is 13.8. The molecule has 2 atom stereocenters. The van der Waals surface area contributed by atoms with Gasteiger partial charge >= 0.3 is 0 Å². The summed E-state index contributed by atoms with van der Waals surface area (Å²) >= 11 is 5.94. The molecule has 0 bridgehead atoms. The van der Waals surface area contributed by atoms with E-state index in [2.05, 4.69) is 5.10 Å². The normalized spacial score (nSPS) is 20.2. The van der Waals surface area contributed by atoms with Crippen LogP contribution in [0.3, 0.4) is 0 Å². The number of carbonyl (C=O) groups excluding carboxylic acids is 1. The summed E-state index contributed by atoms with van der Waals surface area (Å²) in [6.45, 7) is 4.07. The van der Waals surface area contributed by atoms with Crippen molar-refractivity contribution in [1.29, 1.82) is 0 Å². The van der Waals surface area contributed by atoms with E-state index in [0.717, 1.165) is 17.7 Å². The van der Waals surface area contributed by atoms with Crippen molar-refractivity contribution < 1.29 is 4.79 Å². The molecule has 0 unspecified atom stereocenters. The molecule has 1 saturated carbocycles. The SMILES string of the molecule is CC(C)N(C(=O)[C@@H]1C[C@@H]1c1cnn(C)c1)c1ccc(Cl)cc1. The van der Waals surface area contributed by atoms with E-state index in [-0.39, 0.29) is 17.9 Å². The zero-order chi connectivity index (χ0) is 15.9. The number of rotatable bonds is 4. The molecule has 1 heterocycles.